The fourth-order valence-corrected chi connectivity index (χ4v) is 4.61. The van der Waals surface area contributed by atoms with E-state index in [1.54, 1.807) is 0 Å². The third-order valence-electron chi connectivity index (χ3n) is 6.56. The van der Waals surface area contributed by atoms with Crippen LogP contribution in [0.4, 0.5) is 0 Å². The fourth-order valence-electron chi connectivity index (χ4n) is 4.61. The van der Waals surface area contributed by atoms with Crippen molar-refractivity contribution in [3.05, 3.63) is 63.7 Å². The van der Waals surface area contributed by atoms with Crippen LogP contribution in [0.5, 0.6) is 5.75 Å². The summed E-state index contributed by atoms with van der Waals surface area (Å²) in [6.07, 6.45) is 7.78. The van der Waals surface area contributed by atoms with Gasteiger partial charge in [-0.2, -0.15) is 0 Å². The van der Waals surface area contributed by atoms with Gasteiger partial charge >= 0.3 is 0 Å². The molecule has 1 atom stereocenters. The number of rotatable bonds is 0. The smallest absolute Gasteiger partial charge is 0.119 e. The maximum atomic E-state index is 10.0. The molecule has 0 fully saturated rings. The Hall–Kier alpha value is -1.80. The molecule has 164 valence electrons. The Bertz CT molecular complexity index is 881. The first-order valence-corrected chi connectivity index (χ1v) is 11.6. The van der Waals surface area contributed by atoms with E-state index in [1.807, 2.05) is 6.07 Å². The van der Waals surface area contributed by atoms with E-state index in [1.165, 1.54) is 41.5 Å². The van der Waals surface area contributed by atoms with Gasteiger partial charge < -0.3 is 10.2 Å². The molecule has 0 amide bonds. The molecule has 2 aromatic carbocycles. The van der Waals surface area contributed by atoms with E-state index in [-0.39, 0.29) is 16.9 Å². The Morgan fingerprint density at radius 1 is 0.733 bits per heavy atom. The number of fused-ring (bicyclic) bond motifs is 2. The van der Waals surface area contributed by atoms with Crippen LogP contribution in [0.3, 0.4) is 0 Å². The maximum Gasteiger partial charge on any atom is 0.119 e. The molecule has 2 aliphatic carbocycles. The molecule has 0 bridgehead atoms. The lowest BCUT2D eigenvalue weighted by atomic mass is 9.81. The van der Waals surface area contributed by atoms with Crippen molar-refractivity contribution in [1.82, 2.24) is 0 Å². The molecule has 1 unspecified atom stereocenters. The molecular weight excluding hydrogens is 368 g/mol. The van der Waals surface area contributed by atoms with Crippen molar-refractivity contribution in [2.24, 2.45) is 0 Å². The van der Waals surface area contributed by atoms with E-state index in [4.69, 9.17) is 0 Å². The lowest BCUT2D eigenvalue weighted by Gasteiger charge is -2.26. The number of aliphatic hydroxyl groups is 1. The van der Waals surface area contributed by atoms with Crippen LogP contribution >= 0.6 is 0 Å². The highest BCUT2D eigenvalue weighted by molar-refractivity contribution is 5.46. The second kappa shape index (κ2) is 8.75. The zero-order valence-corrected chi connectivity index (χ0v) is 19.8. The number of phenols is 1. The molecular formula is C28H40O2. The van der Waals surface area contributed by atoms with Gasteiger partial charge in [-0.05, 0) is 95.2 Å². The van der Waals surface area contributed by atoms with E-state index in [9.17, 15) is 10.2 Å². The Balaban J connectivity index is 0.000000171. The highest BCUT2D eigenvalue weighted by atomic mass is 16.3. The van der Waals surface area contributed by atoms with Crippen molar-refractivity contribution >= 4 is 0 Å². The molecule has 0 aliphatic heterocycles. The summed E-state index contributed by atoms with van der Waals surface area (Å²) in [6, 6.07) is 10.8. The number of aryl methyl sites for hydroxylation is 3. The first-order valence-electron chi connectivity index (χ1n) is 11.6. The quantitative estimate of drug-likeness (QED) is 0.496. The summed E-state index contributed by atoms with van der Waals surface area (Å²) in [5, 5.41) is 20.0. The van der Waals surface area contributed by atoms with Gasteiger partial charge in [-0.3, -0.25) is 0 Å². The summed E-state index contributed by atoms with van der Waals surface area (Å²) < 4.78 is 0. The van der Waals surface area contributed by atoms with E-state index in [0.717, 1.165) is 36.8 Å². The Morgan fingerprint density at radius 3 is 1.93 bits per heavy atom. The second-order valence-electron chi connectivity index (χ2n) is 11.2. The number of hydrogen-bond acceptors (Lipinski definition) is 2. The first-order chi connectivity index (χ1) is 14.0. The number of aromatic hydroxyl groups is 1. The standard InChI is InChI=1S/2C14H20O/c1-14(2,3)11-8-7-10-5-4-6-13(15)12(10)9-11;1-14(2,3)12-8-10-6-4-5-7-11(10)9-13(12)15/h7-9,13,15H,4-6H2,1-3H3;8-9,15H,4-7H2,1-3H3. The monoisotopic (exact) mass is 408 g/mol. The van der Waals surface area contributed by atoms with Gasteiger partial charge in [0.25, 0.3) is 0 Å². The van der Waals surface area contributed by atoms with Gasteiger partial charge in [-0.1, -0.05) is 65.8 Å². The minimum atomic E-state index is -0.240. The van der Waals surface area contributed by atoms with Crippen LogP contribution in [0.1, 0.15) is 107 Å². The molecule has 2 N–H and O–H groups in total. The minimum Gasteiger partial charge on any atom is -0.508 e. The van der Waals surface area contributed by atoms with Crippen LogP contribution < -0.4 is 0 Å². The average Bonchev–Trinajstić information content (AvgIpc) is 2.66. The molecule has 0 saturated carbocycles. The molecule has 0 heterocycles. The SMILES string of the molecule is CC(C)(C)c1cc2c(cc1O)CCCC2.CC(C)(C)c1ccc2c(c1)C(O)CCC2. The fraction of sp³-hybridized carbons (Fsp3) is 0.571. The Morgan fingerprint density at radius 2 is 1.33 bits per heavy atom. The maximum absolute atomic E-state index is 10.0. The topological polar surface area (TPSA) is 40.5 Å². The Labute approximate surface area is 183 Å². The summed E-state index contributed by atoms with van der Waals surface area (Å²) in [4.78, 5) is 0. The molecule has 0 saturated heterocycles. The molecule has 0 aromatic heterocycles. The zero-order valence-electron chi connectivity index (χ0n) is 19.8. The molecule has 0 spiro atoms. The van der Waals surface area contributed by atoms with Crippen molar-refractivity contribution in [3.8, 4) is 5.75 Å². The van der Waals surface area contributed by atoms with Crippen molar-refractivity contribution in [2.75, 3.05) is 0 Å². The predicted molar refractivity (Wildman–Crippen MR) is 126 cm³/mol. The first kappa shape index (κ1) is 22.9. The van der Waals surface area contributed by atoms with Crippen molar-refractivity contribution in [1.29, 1.82) is 0 Å². The molecule has 2 heteroatoms. The van der Waals surface area contributed by atoms with Gasteiger partial charge in [0, 0.05) is 0 Å². The average molecular weight is 409 g/mol. The van der Waals surface area contributed by atoms with Crippen LogP contribution in [0.2, 0.25) is 0 Å². The van der Waals surface area contributed by atoms with Crippen molar-refractivity contribution in [3.63, 3.8) is 0 Å². The van der Waals surface area contributed by atoms with Gasteiger partial charge in [0.05, 0.1) is 6.10 Å². The van der Waals surface area contributed by atoms with Crippen LogP contribution in [0.15, 0.2) is 30.3 Å². The predicted octanol–water partition coefficient (Wildman–Crippen LogP) is 6.92. The summed E-state index contributed by atoms with van der Waals surface area (Å²) in [5.74, 6) is 0.475. The summed E-state index contributed by atoms with van der Waals surface area (Å²) >= 11 is 0. The largest absolute Gasteiger partial charge is 0.508 e. The number of phenolic OH excluding ortho intramolecular Hbond substituents is 1. The lowest BCUT2D eigenvalue weighted by Crippen LogP contribution is -2.15. The molecule has 2 nitrogen and oxygen atoms in total. The Kier molecular flexibility index (Phi) is 6.67. The van der Waals surface area contributed by atoms with E-state index < -0.39 is 0 Å². The third kappa shape index (κ3) is 5.27. The number of benzene rings is 2. The highest BCUT2D eigenvalue weighted by Gasteiger charge is 2.22. The van der Waals surface area contributed by atoms with E-state index in [0.29, 0.717) is 5.75 Å². The summed E-state index contributed by atoms with van der Waals surface area (Å²) in [5.41, 5.74) is 7.92. The van der Waals surface area contributed by atoms with Crippen molar-refractivity contribution < 1.29 is 10.2 Å². The van der Waals surface area contributed by atoms with Crippen LogP contribution in [0.25, 0.3) is 0 Å². The zero-order chi connectivity index (χ0) is 22.1. The summed E-state index contributed by atoms with van der Waals surface area (Å²) in [7, 11) is 0. The van der Waals surface area contributed by atoms with Gasteiger partial charge in [-0.25, -0.2) is 0 Å². The van der Waals surface area contributed by atoms with E-state index in [2.05, 4.69) is 65.8 Å². The highest BCUT2D eigenvalue weighted by Crippen LogP contribution is 2.35. The molecule has 0 radical (unpaired) electrons. The molecule has 2 aromatic rings. The third-order valence-corrected chi connectivity index (χ3v) is 6.56. The van der Waals surface area contributed by atoms with Gasteiger partial charge in [0.2, 0.25) is 0 Å². The second-order valence-corrected chi connectivity index (χ2v) is 11.2. The van der Waals surface area contributed by atoms with Gasteiger partial charge in [0.1, 0.15) is 5.75 Å². The minimum absolute atomic E-state index is 0.0383. The molecule has 30 heavy (non-hydrogen) atoms. The van der Waals surface area contributed by atoms with Crippen molar-refractivity contribution in [2.45, 2.75) is 103 Å². The van der Waals surface area contributed by atoms with E-state index >= 15 is 0 Å². The van der Waals surface area contributed by atoms with Crippen LogP contribution in [-0.4, -0.2) is 10.2 Å². The number of aliphatic hydroxyl groups excluding tert-OH is 1. The summed E-state index contributed by atoms with van der Waals surface area (Å²) in [6.45, 7) is 13.1. The van der Waals surface area contributed by atoms with Gasteiger partial charge in [0.15, 0.2) is 0 Å². The normalized spacial score (nSPS) is 18.7. The number of hydrogen-bond donors (Lipinski definition) is 2. The van der Waals surface area contributed by atoms with Crippen LogP contribution in [-0.2, 0) is 30.1 Å². The van der Waals surface area contributed by atoms with Gasteiger partial charge in [-0.15, -0.1) is 0 Å². The molecule has 4 rings (SSSR count). The molecule has 2 aliphatic rings. The lowest BCUT2D eigenvalue weighted by molar-refractivity contribution is 0.156. The van der Waals surface area contributed by atoms with Crippen LogP contribution in [0, 0.1) is 0 Å².